The van der Waals surface area contributed by atoms with Crippen LogP contribution < -0.4 is 0 Å². The Morgan fingerprint density at radius 2 is 0.772 bits per heavy atom. The average molecular weight is 732 g/mol. The van der Waals surface area contributed by atoms with Crippen molar-refractivity contribution in [2.75, 3.05) is 0 Å². The van der Waals surface area contributed by atoms with Crippen LogP contribution in [-0.4, -0.2) is 29.9 Å². The largest absolute Gasteiger partial charge is 0.456 e. The van der Waals surface area contributed by atoms with Crippen molar-refractivity contribution >= 4 is 21.9 Å². The van der Waals surface area contributed by atoms with E-state index in [1.54, 1.807) is 0 Å². The molecule has 266 valence electrons. The molecule has 0 atom stereocenters. The molecule has 57 heavy (non-hydrogen) atoms. The molecule has 0 spiro atoms. The zero-order valence-electron chi connectivity index (χ0n) is 30.3. The van der Waals surface area contributed by atoms with Crippen molar-refractivity contribution in [2.24, 2.45) is 0 Å². The summed E-state index contributed by atoms with van der Waals surface area (Å²) in [5.74, 6) is 3.36. The fourth-order valence-electron chi connectivity index (χ4n) is 6.98. The monoisotopic (exact) mass is 731 g/mol. The molecule has 0 radical (unpaired) electrons. The number of hydrogen-bond donors (Lipinski definition) is 0. The highest BCUT2D eigenvalue weighted by molar-refractivity contribution is 6.12. The smallest absolute Gasteiger partial charge is 0.164 e. The van der Waals surface area contributed by atoms with Crippen LogP contribution >= 0.6 is 0 Å². The van der Waals surface area contributed by atoms with Crippen molar-refractivity contribution in [3.05, 3.63) is 181 Å². The molecule has 0 aliphatic rings. The summed E-state index contributed by atoms with van der Waals surface area (Å²) >= 11 is 0. The second-order valence-corrected chi connectivity index (χ2v) is 13.5. The highest BCUT2D eigenvalue weighted by Crippen LogP contribution is 2.38. The summed E-state index contributed by atoms with van der Waals surface area (Å²) < 4.78 is 6.45. The SMILES string of the molecule is N#Cc1ccc(-c2ccc(-c3nc(-c4ccccc4)nc(-c4cccc5oc6ccc(-c7nc(-c8ccccc8)nc(-c8ccccc8)n7)cc6c45)n3)cc2)cc1. The Balaban J connectivity index is 1.12. The number of hydrogen-bond acceptors (Lipinski definition) is 8. The van der Waals surface area contributed by atoms with E-state index in [1.165, 1.54) is 0 Å². The lowest BCUT2D eigenvalue weighted by Crippen LogP contribution is -2.00. The summed E-state index contributed by atoms with van der Waals surface area (Å²) in [6, 6.07) is 59.7. The van der Waals surface area contributed by atoms with E-state index in [0.717, 1.165) is 60.9 Å². The molecule has 0 saturated heterocycles. The quantitative estimate of drug-likeness (QED) is 0.159. The van der Waals surface area contributed by atoms with Gasteiger partial charge in [-0.2, -0.15) is 5.26 Å². The Hall–Kier alpha value is -8.15. The number of benzene rings is 7. The minimum Gasteiger partial charge on any atom is -0.456 e. The van der Waals surface area contributed by atoms with Gasteiger partial charge in [0.25, 0.3) is 0 Å². The number of furan rings is 1. The third-order valence-corrected chi connectivity index (χ3v) is 9.85. The first-order valence-corrected chi connectivity index (χ1v) is 18.4. The molecule has 0 saturated carbocycles. The first-order chi connectivity index (χ1) is 28.2. The molecule has 8 heteroatoms. The van der Waals surface area contributed by atoms with Gasteiger partial charge in [0.15, 0.2) is 34.9 Å². The van der Waals surface area contributed by atoms with Gasteiger partial charge >= 0.3 is 0 Å². The predicted octanol–water partition coefficient (Wildman–Crippen LogP) is 11.5. The zero-order chi connectivity index (χ0) is 38.1. The summed E-state index contributed by atoms with van der Waals surface area (Å²) in [6.07, 6.45) is 0. The summed E-state index contributed by atoms with van der Waals surface area (Å²) in [6.45, 7) is 0. The molecule has 3 heterocycles. The molecule has 7 aromatic carbocycles. The average Bonchev–Trinajstić information content (AvgIpc) is 3.68. The van der Waals surface area contributed by atoms with Gasteiger partial charge in [0.05, 0.1) is 11.6 Å². The second-order valence-electron chi connectivity index (χ2n) is 13.5. The molecule has 0 amide bonds. The highest BCUT2D eigenvalue weighted by Gasteiger charge is 2.20. The molecular formula is C49H29N7O. The van der Waals surface area contributed by atoms with Gasteiger partial charge < -0.3 is 4.42 Å². The van der Waals surface area contributed by atoms with Crippen LogP contribution in [0, 0.1) is 11.3 Å². The Bertz CT molecular complexity index is 3050. The topological polar surface area (TPSA) is 114 Å². The lowest BCUT2D eigenvalue weighted by Gasteiger charge is -2.10. The van der Waals surface area contributed by atoms with Gasteiger partial charge in [-0.25, -0.2) is 29.9 Å². The van der Waals surface area contributed by atoms with Crippen molar-refractivity contribution < 1.29 is 4.42 Å². The summed E-state index contributed by atoms with van der Waals surface area (Å²) in [7, 11) is 0. The van der Waals surface area contributed by atoms with Gasteiger partial charge in [-0.3, -0.25) is 0 Å². The van der Waals surface area contributed by atoms with Gasteiger partial charge in [0.2, 0.25) is 0 Å². The molecule has 0 aliphatic heterocycles. The summed E-state index contributed by atoms with van der Waals surface area (Å²) in [4.78, 5) is 30.0. The summed E-state index contributed by atoms with van der Waals surface area (Å²) in [5, 5.41) is 11.0. The van der Waals surface area contributed by atoms with Crippen molar-refractivity contribution in [1.82, 2.24) is 29.9 Å². The Morgan fingerprint density at radius 3 is 1.28 bits per heavy atom. The molecule has 3 aromatic heterocycles. The molecular weight excluding hydrogens is 703 g/mol. The maximum absolute atomic E-state index is 9.24. The first-order valence-electron chi connectivity index (χ1n) is 18.4. The Labute approximate surface area is 327 Å². The minimum atomic E-state index is 0.520. The van der Waals surface area contributed by atoms with E-state index in [2.05, 4.69) is 12.1 Å². The van der Waals surface area contributed by atoms with Gasteiger partial charge in [0.1, 0.15) is 11.2 Å². The molecule has 0 unspecified atom stereocenters. The number of nitriles is 1. The number of rotatable bonds is 7. The van der Waals surface area contributed by atoms with E-state index in [-0.39, 0.29) is 0 Å². The lowest BCUT2D eigenvalue weighted by molar-refractivity contribution is 0.669. The highest BCUT2D eigenvalue weighted by atomic mass is 16.3. The van der Waals surface area contributed by atoms with Crippen LogP contribution in [0.1, 0.15) is 5.56 Å². The van der Waals surface area contributed by atoms with E-state index in [1.807, 2.05) is 170 Å². The molecule has 0 N–H and O–H groups in total. The van der Waals surface area contributed by atoms with Crippen LogP contribution in [0.15, 0.2) is 180 Å². The summed E-state index contributed by atoms with van der Waals surface area (Å²) in [5.41, 5.74) is 9.25. The fraction of sp³-hybridized carbons (Fsp3) is 0. The molecule has 0 bridgehead atoms. The van der Waals surface area contributed by atoms with E-state index in [4.69, 9.17) is 34.3 Å². The van der Waals surface area contributed by atoms with E-state index in [9.17, 15) is 5.26 Å². The van der Waals surface area contributed by atoms with Crippen molar-refractivity contribution in [3.63, 3.8) is 0 Å². The number of aromatic nitrogens is 6. The fourth-order valence-corrected chi connectivity index (χ4v) is 6.98. The predicted molar refractivity (Wildman–Crippen MR) is 223 cm³/mol. The van der Waals surface area contributed by atoms with Crippen molar-refractivity contribution in [2.45, 2.75) is 0 Å². The van der Waals surface area contributed by atoms with Crippen LogP contribution in [-0.2, 0) is 0 Å². The van der Waals surface area contributed by atoms with Gasteiger partial charge in [-0.1, -0.05) is 140 Å². The van der Waals surface area contributed by atoms with Crippen LogP contribution in [0.2, 0.25) is 0 Å². The van der Waals surface area contributed by atoms with Crippen LogP contribution in [0.25, 0.3) is 101 Å². The Morgan fingerprint density at radius 1 is 0.351 bits per heavy atom. The zero-order valence-corrected chi connectivity index (χ0v) is 30.3. The standard InChI is InChI=1S/C49H29N7O/c50-30-31-19-21-32(22-20-31)33-23-25-37(26-24-33)47-52-46(36-15-8-3-9-16-36)55-49(56-47)39-17-10-18-42-43(39)40-29-38(27-28-41(40)57-42)48-53-44(34-11-4-1-5-12-34)51-45(54-48)35-13-6-2-7-14-35/h1-29H. The third-order valence-electron chi connectivity index (χ3n) is 9.85. The molecule has 8 nitrogen and oxygen atoms in total. The van der Waals surface area contributed by atoms with E-state index >= 15 is 0 Å². The van der Waals surface area contributed by atoms with Gasteiger partial charge in [0, 0.05) is 44.2 Å². The number of fused-ring (bicyclic) bond motifs is 3. The van der Waals surface area contributed by atoms with Crippen LogP contribution in [0.5, 0.6) is 0 Å². The van der Waals surface area contributed by atoms with Crippen molar-refractivity contribution in [3.8, 4) is 85.5 Å². The van der Waals surface area contributed by atoms with Gasteiger partial charge in [-0.05, 0) is 47.5 Å². The van der Waals surface area contributed by atoms with Crippen LogP contribution in [0.3, 0.4) is 0 Å². The van der Waals surface area contributed by atoms with Crippen molar-refractivity contribution in [1.29, 1.82) is 5.26 Å². The first kappa shape index (κ1) is 33.4. The molecule has 0 aliphatic carbocycles. The Kier molecular flexibility index (Phi) is 8.36. The lowest BCUT2D eigenvalue weighted by atomic mass is 10.0. The maximum atomic E-state index is 9.24. The van der Waals surface area contributed by atoms with E-state index < -0.39 is 0 Å². The molecule has 0 fully saturated rings. The second kappa shape index (κ2) is 14.3. The van der Waals surface area contributed by atoms with Gasteiger partial charge in [-0.15, -0.1) is 0 Å². The molecule has 10 rings (SSSR count). The molecule has 10 aromatic rings. The van der Waals surface area contributed by atoms with Crippen LogP contribution in [0.4, 0.5) is 0 Å². The minimum absolute atomic E-state index is 0.520. The third kappa shape index (κ3) is 6.45. The normalized spacial score (nSPS) is 11.1. The van der Waals surface area contributed by atoms with E-state index in [0.29, 0.717) is 46.1 Å². The number of nitrogens with zero attached hydrogens (tertiary/aromatic N) is 7. The maximum Gasteiger partial charge on any atom is 0.164 e.